The lowest BCUT2D eigenvalue weighted by atomic mass is 10.1. The highest BCUT2D eigenvalue weighted by atomic mass is 16.6. The Hall–Kier alpha value is -2.89. The van der Waals surface area contributed by atoms with Crippen LogP contribution in [-0.4, -0.2) is 19.0 Å². The second-order valence-electron chi connectivity index (χ2n) is 5.75. The molecule has 1 aliphatic rings. The number of para-hydroxylation sites is 1. The standard InChI is InChI=1S/C19H26N4O2/c1-3-4-6-15(20)14(19(21)22)10-9-13(2)23-16-7-5-8-17-18(16)25-12-11-24-17/h5-10,23H,3-4,11-12,20H2,1-2H3,(H3,21,22)/b13-9+,14-10+,15-6-. The normalized spacial score (nSPS) is 15.0. The zero-order chi connectivity index (χ0) is 18.2. The maximum atomic E-state index is 7.71. The quantitative estimate of drug-likeness (QED) is 0.346. The van der Waals surface area contributed by atoms with E-state index in [1.54, 1.807) is 6.08 Å². The van der Waals surface area contributed by atoms with Crippen molar-refractivity contribution in [1.82, 2.24) is 0 Å². The summed E-state index contributed by atoms with van der Waals surface area (Å²) in [6.45, 7) is 5.07. The molecule has 0 aliphatic carbocycles. The molecule has 0 unspecified atom stereocenters. The molecule has 25 heavy (non-hydrogen) atoms. The van der Waals surface area contributed by atoms with Crippen LogP contribution < -0.4 is 26.3 Å². The van der Waals surface area contributed by atoms with Gasteiger partial charge in [-0.15, -0.1) is 0 Å². The number of fused-ring (bicyclic) bond motifs is 1. The van der Waals surface area contributed by atoms with Crippen molar-refractivity contribution in [2.75, 3.05) is 18.5 Å². The van der Waals surface area contributed by atoms with Crippen molar-refractivity contribution >= 4 is 11.5 Å². The van der Waals surface area contributed by atoms with Gasteiger partial charge in [0.25, 0.3) is 0 Å². The van der Waals surface area contributed by atoms with E-state index in [9.17, 15) is 0 Å². The Morgan fingerprint density at radius 2 is 2.00 bits per heavy atom. The van der Waals surface area contributed by atoms with Crippen molar-refractivity contribution in [2.45, 2.75) is 26.7 Å². The second kappa shape index (κ2) is 8.82. The van der Waals surface area contributed by atoms with E-state index in [0.717, 1.165) is 30.0 Å². The minimum absolute atomic E-state index is 0.0530. The summed E-state index contributed by atoms with van der Waals surface area (Å²) >= 11 is 0. The van der Waals surface area contributed by atoms with Crippen molar-refractivity contribution < 1.29 is 9.47 Å². The van der Waals surface area contributed by atoms with Crippen LogP contribution in [0.1, 0.15) is 26.7 Å². The van der Waals surface area contributed by atoms with Gasteiger partial charge >= 0.3 is 0 Å². The summed E-state index contributed by atoms with van der Waals surface area (Å²) in [5, 5.41) is 11.0. The Labute approximate surface area is 148 Å². The van der Waals surface area contributed by atoms with Gasteiger partial charge in [-0.25, -0.2) is 0 Å². The van der Waals surface area contributed by atoms with Gasteiger partial charge < -0.3 is 26.3 Å². The number of hydrogen-bond acceptors (Lipinski definition) is 5. The molecule has 1 aliphatic heterocycles. The van der Waals surface area contributed by atoms with E-state index in [0.29, 0.717) is 30.2 Å². The molecule has 0 bridgehead atoms. The molecule has 6 N–H and O–H groups in total. The monoisotopic (exact) mass is 342 g/mol. The minimum Gasteiger partial charge on any atom is -0.486 e. The van der Waals surface area contributed by atoms with Crippen molar-refractivity contribution in [3.05, 3.63) is 53.4 Å². The van der Waals surface area contributed by atoms with Gasteiger partial charge in [0.2, 0.25) is 0 Å². The van der Waals surface area contributed by atoms with Gasteiger partial charge in [0.1, 0.15) is 19.0 Å². The summed E-state index contributed by atoms with van der Waals surface area (Å²) < 4.78 is 11.3. The fraction of sp³-hybridized carbons (Fsp3) is 0.316. The van der Waals surface area contributed by atoms with E-state index in [1.165, 1.54) is 0 Å². The summed E-state index contributed by atoms with van der Waals surface area (Å²) in [5.74, 6) is 1.39. The van der Waals surface area contributed by atoms with Crippen molar-refractivity contribution in [3.63, 3.8) is 0 Å². The molecule has 1 aromatic carbocycles. The molecule has 1 heterocycles. The lowest BCUT2D eigenvalue weighted by Crippen LogP contribution is -2.18. The van der Waals surface area contributed by atoms with E-state index >= 15 is 0 Å². The molecular formula is C19H26N4O2. The summed E-state index contributed by atoms with van der Waals surface area (Å²) in [6.07, 6.45) is 7.32. The number of nitrogens with one attached hydrogen (secondary N) is 2. The van der Waals surface area contributed by atoms with Gasteiger partial charge in [0, 0.05) is 17.0 Å². The van der Waals surface area contributed by atoms with E-state index < -0.39 is 0 Å². The molecule has 0 spiro atoms. The van der Waals surface area contributed by atoms with Gasteiger partial charge in [0.05, 0.1) is 5.69 Å². The smallest absolute Gasteiger partial charge is 0.184 e. The fourth-order valence-corrected chi connectivity index (χ4v) is 2.39. The maximum Gasteiger partial charge on any atom is 0.184 e. The van der Waals surface area contributed by atoms with E-state index in [1.807, 2.05) is 37.3 Å². The predicted molar refractivity (Wildman–Crippen MR) is 102 cm³/mol. The molecule has 134 valence electrons. The zero-order valence-electron chi connectivity index (χ0n) is 14.8. The SMILES string of the molecule is CCC/C=C(N)/C(=C\C=C(/C)Nc1cccc2c1OCCO2)C(=N)N. The van der Waals surface area contributed by atoms with Crippen molar-refractivity contribution in [3.8, 4) is 11.5 Å². The molecule has 2 rings (SSSR count). The Kier molecular flexibility index (Phi) is 6.51. The third-order valence-electron chi connectivity index (χ3n) is 3.65. The zero-order valence-corrected chi connectivity index (χ0v) is 14.8. The summed E-state index contributed by atoms with van der Waals surface area (Å²) in [5.41, 5.74) is 14.4. The molecule has 0 amide bonds. The molecule has 0 saturated heterocycles. The average molecular weight is 342 g/mol. The fourth-order valence-electron chi connectivity index (χ4n) is 2.39. The summed E-state index contributed by atoms with van der Waals surface area (Å²) in [7, 11) is 0. The Morgan fingerprint density at radius 1 is 1.24 bits per heavy atom. The molecular weight excluding hydrogens is 316 g/mol. The van der Waals surface area contributed by atoms with Crippen molar-refractivity contribution in [1.29, 1.82) is 5.41 Å². The van der Waals surface area contributed by atoms with Crippen LogP contribution in [0, 0.1) is 5.41 Å². The molecule has 6 heteroatoms. The van der Waals surface area contributed by atoms with Crippen LogP contribution in [-0.2, 0) is 0 Å². The highest BCUT2D eigenvalue weighted by Gasteiger charge is 2.15. The molecule has 0 radical (unpaired) electrons. The molecule has 1 aromatic rings. The number of anilines is 1. The van der Waals surface area contributed by atoms with Crippen LogP contribution >= 0.6 is 0 Å². The third-order valence-corrected chi connectivity index (χ3v) is 3.65. The van der Waals surface area contributed by atoms with Gasteiger partial charge in [0.15, 0.2) is 11.5 Å². The van der Waals surface area contributed by atoms with Crippen LogP contribution in [0.15, 0.2) is 53.4 Å². The first-order valence-electron chi connectivity index (χ1n) is 8.37. The second-order valence-corrected chi connectivity index (χ2v) is 5.75. The number of allylic oxidation sites excluding steroid dienone is 4. The first kappa shape index (κ1) is 18.4. The summed E-state index contributed by atoms with van der Waals surface area (Å²) in [4.78, 5) is 0. The lowest BCUT2D eigenvalue weighted by molar-refractivity contribution is 0.172. The largest absolute Gasteiger partial charge is 0.486 e. The molecule has 0 saturated carbocycles. The topological polar surface area (TPSA) is 106 Å². The summed E-state index contributed by atoms with van der Waals surface area (Å²) in [6, 6.07) is 5.72. The van der Waals surface area contributed by atoms with Gasteiger partial charge in [-0.2, -0.15) is 0 Å². The Bertz CT molecular complexity index is 720. The Morgan fingerprint density at radius 3 is 2.72 bits per heavy atom. The number of unbranched alkanes of at least 4 members (excludes halogenated alkanes) is 1. The number of ether oxygens (including phenoxy) is 2. The van der Waals surface area contributed by atoms with E-state index in [4.69, 9.17) is 26.4 Å². The first-order valence-corrected chi connectivity index (χ1v) is 8.37. The third kappa shape index (κ3) is 5.04. The van der Waals surface area contributed by atoms with Crippen LogP contribution in [0.2, 0.25) is 0 Å². The van der Waals surface area contributed by atoms with E-state index in [-0.39, 0.29) is 5.84 Å². The molecule has 6 nitrogen and oxygen atoms in total. The number of benzene rings is 1. The molecule has 0 fully saturated rings. The average Bonchev–Trinajstić information content (AvgIpc) is 2.60. The predicted octanol–water partition coefficient (Wildman–Crippen LogP) is 3.28. The van der Waals surface area contributed by atoms with Crippen LogP contribution in [0.25, 0.3) is 0 Å². The van der Waals surface area contributed by atoms with Crippen LogP contribution in [0.4, 0.5) is 5.69 Å². The number of hydrogen-bond donors (Lipinski definition) is 4. The van der Waals surface area contributed by atoms with Crippen LogP contribution in [0.3, 0.4) is 0 Å². The van der Waals surface area contributed by atoms with Gasteiger partial charge in [-0.3, -0.25) is 5.41 Å². The van der Waals surface area contributed by atoms with Crippen LogP contribution in [0.5, 0.6) is 11.5 Å². The Balaban J connectivity index is 2.19. The molecule has 0 atom stereocenters. The number of rotatable bonds is 7. The van der Waals surface area contributed by atoms with Crippen molar-refractivity contribution in [2.24, 2.45) is 11.5 Å². The highest BCUT2D eigenvalue weighted by molar-refractivity contribution is 5.98. The maximum absolute atomic E-state index is 7.71. The van der Waals surface area contributed by atoms with Gasteiger partial charge in [-0.1, -0.05) is 25.5 Å². The minimum atomic E-state index is -0.0530. The molecule has 0 aromatic heterocycles. The lowest BCUT2D eigenvalue weighted by Gasteiger charge is -2.21. The number of nitrogens with two attached hydrogens (primary N) is 2. The van der Waals surface area contributed by atoms with E-state index in [2.05, 4.69) is 12.2 Å². The first-order chi connectivity index (χ1) is 12.0. The van der Waals surface area contributed by atoms with Gasteiger partial charge in [-0.05, 0) is 37.6 Å². The highest BCUT2D eigenvalue weighted by Crippen LogP contribution is 2.37. The number of amidine groups is 1.